The number of pyridine rings is 1. The van der Waals surface area contributed by atoms with Crippen LogP contribution >= 0.6 is 23.4 Å². The van der Waals surface area contributed by atoms with Crippen molar-refractivity contribution in [3.05, 3.63) is 200 Å². The number of anilines is 4. The second kappa shape index (κ2) is 25.0. The molecule has 6 aromatic rings. The first kappa shape index (κ1) is 59.9. The molecule has 0 saturated heterocycles. The molecule has 1 amide bonds. The molecule has 0 bridgehead atoms. The van der Waals surface area contributed by atoms with E-state index in [1.807, 2.05) is 75.5 Å². The highest BCUT2D eigenvalue weighted by Gasteiger charge is 2.52. The summed E-state index contributed by atoms with van der Waals surface area (Å²) >= 11 is 7.10. The van der Waals surface area contributed by atoms with Crippen LogP contribution in [-0.2, 0) is 11.4 Å². The van der Waals surface area contributed by atoms with Gasteiger partial charge >= 0.3 is 0 Å². The molecule has 4 heterocycles. The quantitative estimate of drug-likeness (QED) is 0.0556. The lowest BCUT2D eigenvalue weighted by Gasteiger charge is -2.43. The van der Waals surface area contributed by atoms with E-state index in [9.17, 15) is 24.3 Å². The van der Waals surface area contributed by atoms with Crippen LogP contribution in [0.1, 0.15) is 120 Å². The lowest BCUT2D eigenvalue weighted by Crippen LogP contribution is -2.39. The second-order valence-corrected chi connectivity index (χ2v) is 25.1. The maximum absolute atomic E-state index is 16.0. The van der Waals surface area contributed by atoms with Gasteiger partial charge in [0.05, 0.1) is 23.5 Å². The van der Waals surface area contributed by atoms with Crippen LogP contribution < -0.4 is 34.8 Å². The van der Waals surface area contributed by atoms with Crippen LogP contribution in [0.2, 0.25) is 5.15 Å². The molecule has 434 valence electrons. The number of carbonyl (C=O) groups excluding carboxylic acids is 2. The van der Waals surface area contributed by atoms with Crippen LogP contribution in [0.4, 0.5) is 31.7 Å². The maximum atomic E-state index is 16.0. The molecule has 0 fully saturated rings. The highest BCUT2D eigenvalue weighted by Crippen LogP contribution is 2.63. The van der Waals surface area contributed by atoms with Crippen LogP contribution in [0.25, 0.3) is 0 Å². The number of phenols is 2. The minimum Gasteiger partial charge on any atom is -0.506 e. The summed E-state index contributed by atoms with van der Waals surface area (Å²) in [6.45, 7) is 17.8. The van der Waals surface area contributed by atoms with Gasteiger partial charge in [-0.05, 0) is 119 Å². The summed E-state index contributed by atoms with van der Waals surface area (Å²) in [7, 11) is 1.98. The summed E-state index contributed by atoms with van der Waals surface area (Å²) < 4.78 is 42.0. The van der Waals surface area contributed by atoms with Crippen molar-refractivity contribution in [3.63, 3.8) is 0 Å². The molecule has 0 radical (unpaired) electrons. The summed E-state index contributed by atoms with van der Waals surface area (Å²) in [5.74, 6) is 1.25. The van der Waals surface area contributed by atoms with Gasteiger partial charge in [0.15, 0.2) is 12.0 Å². The van der Waals surface area contributed by atoms with Gasteiger partial charge < -0.3 is 35.2 Å². The summed E-state index contributed by atoms with van der Waals surface area (Å²) in [4.78, 5) is 36.6. The first-order valence-electron chi connectivity index (χ1n) is 27.9. The zero-order valence-electron chi connectivity index (χ0n) is 48.4. The van der Waals surface area contributed by atoms with E-state index in [-0.39, 0.29) is 51.4 Å². The smallest absolute Gasteiger partial charge is 0.230 e. The Balaban J connectivity index is 0.000000173. The Hall–Kier alpha value is -7.75. The molecular formula is C67H72ClF2N5O7S. The van der Waals surface area contributed by atoms with E-state index < -0.39 is 11.9 Å². The number of likely N-dealkylation sites (N-methyl/N-ethyl adjacent to an activating group) is 1. The van der Waals surface area contributed by atoms with E-state index in [0.29, 0.717) is 76.5 Å². The maximum Gasteiger partial charge on any atom is 0.230 e. The SMILES string of the molecule is CC(C)C(=O)N1c2cccc(O)c2NC2=C(SCC(C)(C)C2)C1c1ccc(OCc2ccccc2)cc1F.CN1c2cccc(O)c2NC2=C(C1c1ccc(OCC3=CCCC=C3)cc1OF)C(C)(C)C(C)(C)C2.O=Cc1cccc(Cl)n1. The average Bonchev–Trinajstić information content (AvgIpc) is 1.95. The number of phenolic OH excluding ortho intramolecular Hbond substituents is 2. The van der Waals surface area contributed by atoms with E-state index in [1.54, 1.807) is 77.3 Å². The number of thioether (sulfide) groups is 1. The summed E-state index contributed by atoms with van der Waals surface area (Å²) in [5.41, 5.74) is 8.94. The molecule has 2 atom stereocenters. The molecule has 11 rings (SSSR count). The highest BCUT2D eigenvalue weighted by molar-refractivity contribution is 8.03. The Morgan fingerprint density at radius 3 is 2.08 bits per heavy atom. The molecule has 2 unspecified atom stereocenters. The van der Waals surface area contributed by atoms with Crippen molar-refractivity contribution in [1.82, 2.24) is 4.98 Å². The highest BCUT2D eigenvalue weighted by atomic mass is 35.5. The van der Waals surface area contributed by atoms with Gasteiger partial charge in [-0.1, -0.05) is 134 Å². The molecule has 1 aromatic heterocycles. The van der Waals surface area contributed by atoms with Crippen molar-refractivity contribution in [1.29, 1.82) is 0 Å². The number of hydrogen-bond acceptors (Lipinski definition) is 12. The fraction of sp³-hybridized carbons (Fsp3) is 0.328. The van der Waals surface area contributed by atoms with E-state index in [1.165, 1.54) is 6.07 Å². The Bertz CT molecular complexity index is 3530. The first-order chi connectivity index (χ1) is 39.6. The monoisotopic (exact) mass is 1160 g/mol. The molecule has 2 aliphatic carbocycles. The fourth-order valence-corrected chi connectivity index (χ4v) is 12.7. The van der Waals surface area contributed by atoms with Gasteiger partial charge in [0.2, 0.25) is 5.91 Å². The fourth-order valence-electron chi connectivity index (χ4n) is 11.2. The van der Waals surface area contributed by atoms with Crippen LogP contribution in [0.5, 0.6) is 28.7 Å². The number of amides is 1. The minimum atomic E-state index is -0.681. The van der Waals surface area contributed by atoms with Gasteiger partial charge in [0.25, 0.3) is 0 Å². The number of rotatable bonds is 11. The first-order valence-corrected chi connectivity index (χ1v) is 29.3. The van der Waals surface area contributed by atoms with Crippen LogP contribution in [0.3, 0.4) is 0 Å². The molecule has 0 spiro atoms. The van der Waals surface area contributed by atoms with Gasteiger partial charge in [-0.25, -0.2) is 9.37 Å². The number of para-hydroxylation sites is 2. The van der Waals surface area contributed by atoms with E-state index in [0.717, 1.165) is 63.7 Å². The standard InChI is InChI=1S/C31H33FN2O3S.C30H35FN2O3.C6H4ClNO/c1-19(2)30(36)34-25-11-8-12-26(35)27(25)33-24-16-31(3,4)18-38-29(24)28(34)22-14-13-21(15-23(22)32)37-17-20-9-6-5-7-10-20;1-29(2)17-22-26(30(29,3)4)28(33(5)23-12-9-13-24(34)27(23)32-22)21-15-14-20(16-25(21)36-31)35-18-19-10-7-6-8-11-19;7-6-3-1-2-5(4-9)8-6/h5-15,19,28,33,35H,16-18H2,1-4H3;7,9-16,28,32,34H,6,8,17-18H2,1-5H3;1-4H. The lowest BCUT2D eigenvalue weighted by molar-refractivity contribution is -0.121. The zero-order chi connectivity index (χ0) is 59.4. The van der Waals surface area contributed by atoms with Crippen molar-refractivity contribution >= 4 is 58.3 Å². The van der Waals surface area contributed by atoms with Gasteiger partial charge in [-0.3, -0.25) is 19.4 Å². The minimum absolute atomic E-state index is 0.00345. The van der Waals surface area contributed by atoms with Crippen molar-refractivity contribution in [2.24, 2.45) is 22.2 Å². The summed E-state index contributed by atoms with van der Waals surface area (Å²) in [6, 6.07) is 34.5. The van der Waals surface area contributed by atoms with E-state index >= 15 is 4.39 Å². The van der Waals surface area contributed by atoms with Crippen molar-refractivity contribution in [3.8, 4) is 28.7 Å². The second-order valence-electron chi connectivity index (χ2n) is 23.7. The number of benzene rings is 5. The number of aromatic nitrogens is 1. The Kier molecular flexibility index (Phi) is 18.0. The average molecular weight is 1160 g/mol. The number of ether oxygens (including phenoxy) is 2. The third-order valence-electron chi connectivity index (χ3n) is 16.2. The molecule has 12 nitrogen and oxygen atoms in total. The largest absolute Gasteiger partial charge is 0.506 e. The molecule has 5 aliphatic rings. The van der Waals surface area contributed by atoms with Crippen LogP contribution in [0.15, 0.2) is 167 Å². The van der Waals surface area contributed by atoms with Gasteiger partial charge in [0.1, 0.15) is 64.3 Å². The number of nitrogens with zero attached hydrogens (tertiary/aromatic N) is 3. The molecule has 0 saturated carbocycles. The Morgan fingerprint density at radius 2 is 1.45 bits per heavy atom. The number of carbonyl (C=O) groups is 2. The van der Waals surface area contributed by atoms with Crippen LogP contribution in [0, 0.1) is 28.0 Å². The number of allylic oxidation sites excluding steroid dienone is 4. The number of aldehydes is 1. The van der Waals surface area contributed by atoms with Crippen molar-refractivity contribution in [2.75, 3.05) is 39.8 Å². The van der Waals surface area contributed by atoms with Gasteiger partial charge in [0, 0.05) is 62.8 Å². The molecule has 16 heteroatoms. The third kappa shape index (κ3) is 12.9. The number of halogens is 3. The number of fused-ring (bicyclic) bond motifs is 2. The summed E-state index contributed by atoms with van der Waals surface area (Å²) in [5, 5.41) is 28.9. The Labute approximate surface area is 494 Å². The van der Waals surface area contributed by atoms with E-state index in [4.69, 9.17) is 21.1 Å². The van der Waals surface area contributed by atoms with Crippen molar-refractivity contribution in [2.45, 2.75) is 99.8 Å². The molecule has 5 aromatic carbocycles. The molecule has 83 heavy (non-hydrogen) atoms. The van der Waals surface area contributed by atoms with Crippen molar-refractivity contribution < 1.29 is 43.1 Å². The number of hydrogen-bond donors (Lipinski definition) is 4. The third-order valence-corrected chi connectivity index (χ3v) is 18.1. The number of aromatic hydroxyl groups is 2. The molecule has 3 aliphatic heterocycles. The predicted molar refractivity (Wildman–Crippen MR) is 329 cm³/mol. The Morgan fingerprint density at radius 1 is 0.795 bits per heavy atom. The molecular weight excluding hydrogens is 1090 g/mol. The topological polar surface area (TPSA) is 146 Å². The van der Waals surface area contributed by atoms with Gasteiger partial charge in [-0.15, -0.1) is 11.8 Å². The van der Waals surface area contributed by atoms with Crippen LogP contribution in [-0.4, -0.2) is 46.8 Å². The normalized spacial score (nSPS) is 18.8. The molecule has 4 N–H and O–H groups in total. The lowest BCUT2D eigenvalue weighted by atomic mass is 9.65. The van der Waals surface area contributed by atoms with Gasteiger partial charge in [-0.2, -0.15) is 0 Å². The zero-order valence-corrected chi connectivity index (χ0v) is 49.9. The summed E-state index contributed by atoms with van der Waals surface area (Å²) in [6.07, 6.45) is 10.6. The van der Waals surface area contributed by atoms with E-state index in [2.05, 4.69) is 85.2 Å². The number of nitrogens with one attached hydrogen (secondary N) is 2. The predicted octanol–water partition coefficient (Wildman–Crippen LogP) is 16.8.